The Morgan fingerprint density at radius 1 is 1.10 bits per heavy atom. The van der Waals surface area contributed by atoms with Gasteiger partial charge in [-0.1, -0.05) is 0 Å². The molecule has 0 N–H and O–H groups in total. The molecule has 0 radical (unpaired) electrons. The lowest BCUT2D eigenvalue weighted by molar-refractivity contribution is 0.243. The Morgan fingerprint density at radius 2 is 1.90 bits per heavy atom. The number of hydrogen-bond acceptors (Lipinski definition) is 5. The third kappa shape index (κ3) is 4.86. The van der Waals surface area contributed by atoms with E-state index in [1.807, 2.05) is 6.07 Å². The molecular weight excluding hydrogens is 381 g/mol. The fourth-order valence-electron chi connectivity index (χ4n) is 4.79. The number of pyridine rings is 1. The fraction of sp³-hybridized carbons (Fsp3) is 0.625. The number of likely N-dealkylation sites (tertiary alicyclic amines) is 2. The third-order valence-corrected chi connectivity index (χ3v) is 6.50. The highest BCUT2D eigenvalue weighted by Gasteiger charge is 2.23. The highest BCUT2D eigenvalue weighted by Crippen LogP contribution is 2.38. The number of fused-ring (bicyclic) bond motifs is 1. The molecule has 30 heavy (non-hydrogen) atoms. The maximum atomic E-state index is 13.3. The Morgan fingerprint density at radius 3 is 2.60 bits per heavy atom. The smallest absolute Gasteiger partial charge is 0.163 e. The number of nitrogens with zero attached hydrogens (tertiary/aromatic N) is 3. The molecule has 2 saturated heterocycles. The molecule has 5 nitrogen and oxygen atoms in total. The predicted molar refractivity (Wildman–Crippen MR) is 119 cm³/mol. The van der Waals surface area contributed by atoms with E-state index in [0.717, 1.165) is 55.3 Å². The quantitative estimate of drug-likeness (QED) is 0.635. The summed E-state index contributed by atoms with van der Waals surface area (Å²) in [5.74, 6) is 2.05. The molecule has 6 heteroatoms. The van der Waals surface area contributed by atoms with E-state index in [0.29, 0.717) is 25.5 Å². The second-order valence-corrected chi connectivity index (χ2v) is 8.84. The van der Waals surface area contributed by atoms with Crippen LogP contribution < -0.4 is 9.47 Å². The Labute approximate surface area is 179 Å². The zero-order chi connectivity index (χ0) is 21.1. The summed E-state index contributed by atoms with van der Waals surface area (Å²) in [4.78, 5) is 9.35. The lowest BCUT2D eigenvalue weighted by atomic mass is 9.87. The summed E-state index contributed by atoms with van der Waals surface area (Å²) in [5.41, 5.74) is 3.40. The van der Waals surface area contributed by atoms with Crippen LogP contribution in [0, 0.1) is 6.92 Å². The molecule has 2 fully saturated rings. The van der Waals surface area contributed by atoms with E-state index < -0.39 is 6.17 Å². The largest absolute Gasteiger partial charge is 0.493 e. The van der Waals surface area contributed by atoms with Crippen molar-refractivity contribution in [2.75, 3.05) is 53.5 Å². The Balaban J connectivity index is 1.50. The van der Waals surface area contributed by atoms with Crippen LogP contribution in [-0.2, 0) is 0 Å². The highest BCUT2D eigenvalue weighted by atomic mass is 19.1. The number of methoxy groups -OCH3 is 1. The maximum absolute atomic E-state index is 13.3. The van der Waals surface area contributed by atoms with E-state index in [4.69, 9.17) is 14.5 Å². The van der Waals surface area contributed by atoms with Gasteiger partial charge in [0.2, 0.25) is 0 Å². The molecule has 1 aromatic carbocycles. The van der Waals surface area contributed by atoms with Gasteiger partial charge in [-0.25, -0.2) is 4.39 Å². The van der Waals surface area contributed by atoms with E-state index in [1.54, 1.807) is 7.11 Å². The van der Waals surface area contributed by atoms with Crippen molar-refractivity contribution in [3.05, 3.63) is 29.5 Å². The zero-order valence-corrected chi connectivity index (χ0v) is 18.5. The van der Waals surface area contributed by atoms with E-state index >= 15 is 0 Å². The summed E-state index contributed by atoms with van der Waals surface area (Å²) >= 11 is 0. The van der Waals surface area contributed by atoms with E-state index in [1.165, 1.54) is 23.8 Å². The second-order valence-electron chi connectivity index (χ2n) is 8.84. The monoisotopic (exact) mass is 415 g/mol. The molecule has 4 rings (SSSR count). The number of halogens is 1. The number of aryl methyl sites for hydroxylation is 1. The minimum atomic E-state index is -0.667. The summed E-state index contributed by atoms with van der Waals surface area (Å²) in [6, 6.07) is 6.36. The molecule has 1 atom stereocenters. The van der Waals surface area contributed by atoms with Gasteiger partial charge in [0.05, 0.1) is 19.2 Å². The molecule has 0 unspecified atom stereocenters. The Kier molecular flexibility index (Phi) is 6.74. The van der Waals surface area contributed by atoms with Crippen molar-refractivity contribution < 1.29 is 13.9 Å². The van der Waals surface area contributed by atoms with Gasteiger partial charge in [-0.3, -0.25) is 4.98 Å². The van der Waals surface area contributed by atoms with Crippen molar-refractivity contribution in [3.8, 4) is 11.5 Å². The van der Waals surface area contributed by atoms with Gasteiger partial charge in [0.1, 0.15) is 6.17 Å². The van der Waals surface area contributed by atoms with Gasteiger partial charge < -0.3 is 19.3 Å². The van der Waals surface area contributed by atoms with Gasteiger partial charge >= 0.3 is 0 Å². The number of alkyl halides is 1. The standard InChI is InChI=1S/C24H34FN3O2/c1-17-13-20(18-5-9-27(2)10-6-18)21-14-23(29-3)24(15-22(21)26-17)30-12-4-8-28-11-7-19(25)16-28/h13-15,18-19H,4-12,16H2,1-3H3/t19-/m0/s1. The minimum absolute atomic E-state index is 0.557. The van der Waals surface area contributed by atoms with Crippen molar-refractivity contribution in [3.63, 3.8) is 0 Å². The summed E-state index contributed by atoms with van der Waals surface area (Å²) in [7, 11) is 3.88. The predicted octanol–water partition coefficient (Wildman–Crippen LogP) is 4.17. The zero-order valence-electron chi connectivity index (χ0n) is 18.5. The lowest BCUT2D eigenvalue weighted by Gasteiger charge is -2.30. The van der Waals surface area contributed by atoms with Crippen LogP contribution in [0.25, 0.3) is 10.9 Å². The molecule has 164 valence electrons. The number of benzene rings is 1. The van der Waals surface area contributed by atoms with Crippen molar-refractivity contribution in [1.29, 1.82) is 0 Å². The van der Waals surface area contributed by atoms with Crippen LogP contribution >= 0.6 is 0 Å². The first kappa shape index (κ1) is 21.3. The van der Waals surface area contributed by atoms with Crippen LogP contribution in [-0.4, -0.2) is 74.4 Å². The van der Waals surface area contributed by atoms with Crippen molar-refractivity contribution in [2.24, 2.45) is 0 Å². The lowest BCUT2D eigenvalue weighted by Crippen LogP contribution is -2.29. The van der Waals surface area contributed by atoms with Crippen LogP contribution in [0.5, 0.6) is 11.5 Å². The fourth-order valence-corrected chi connectivity index (χ4v) is 4.79. The van der Waals surface area contributed by atoms with Gasteiger partial charge in [0.15, 0.2) is 11.5 Å². The van der Waals surface area contributed by atoms with Crippen LogP contribution in [0.4, 0.5) is 4.39 Å². The number of hydrogen-bond donors (Lipinski definition) is 0. The number of rotatable bonds is 7. The average molecular weight is 416 g/mol. The SMILES string of the molecule is COc1cc2c(C3CCN(C)CC3)cc(C)nc2cc1OCCCN1CC[C@H](F)C1. The van der Waals surface area contributed by atoms with Crippen molar-refractivity contribution >= 4 is 10.9 Å². The Hall–Kier alpha value is -1.92. The average Bonchev–Trinajstić information content (AvgIpc) is 3.15. The molecule has 0 amide bonds. The number of ether oxygens (including phenoxy) is 2. The Bertz CT molecular complexity index is 867. The summed E-state index contributed by atoms with van der Waals surface area (Å²) < 4.78 is 25.1. The second kappa shape index (κ2) is 9.48. The normalized spacial score (nSPS) is 21.4. The van der Waals surface area contributed by atoms with E-state index in [9.17, 15) is 4.39 Å². The molecule has 2 aliphatic heterocycles. The first-order valence-electron chi connectivity index (χ1n) is 11.2. The number of aromatic nitrogens is 1. The first-order chi connectivity index (χ1) is 14.5. The molecule has 1 aromatic heterocycles. The topological polar surface area (TPSA) is 37.8 Å². The van der Waals surface area contributed by atoms with Crippen molar-refractivity contribution in [2.45, 2.75) is 44.7 Å². The molecule has 0 bridgehead atoms. The molecule has 0 aliphatic carbocycles. The third-order valence-electron chi connectivity index (χ3n) is 6.50. The summed E-state index contributed by atoms with van der Waals surface area (Å²) in [5, 5.41) is 1.17. The highest BCUT2D eigenvalue weighted by molar-refractivity contribution is 5.86. The van der Waals surface area contributed by atoms with Crippen LogP contribution in [0.2, 0.25) is 0 Å². The molecule has 2 aliphatic rings. The van der Waals surface area contributed by atoms with Crippen LogP contribution in [0.1, 0.15) is 42.9 Å². The van der Waals surface area contributed by atoms with Crippen LogP contribution in [0.3, 0.4) is 0 Å². The van der Waals surface area contributed by atoms with E-state index in [2.05, 4.69) is 35.9 Å². The van der Waals surface area contributed by atoms with Gasteiger partial charge in [-0.15, -0.1) is 0 Å². The van der Waals surface area contributed by atoms with Crippen LogP contribution in [0.15, 0.2) is 18.2 Å². The van der Waals surface area contributed by atoms with Crippen molar-refractivity contribution in [1.82, 2.24) is 14.8 Å². The molecular formula is C24H34FN3O2. The minimum Gasteiger partial charge on any atom is -0.493 e. The van der Waals surface area contributed by atoms with E-state index in [-0.39, 0.29) is 0 Å². The maximum Gasteiger partial charge on any atom is 0.163 e. The van der Waals surface area contributed by atoms with Gasteiger partial charge in [0, 0.05) is 36.8 Å². The molecule has 0 spiro atoms. The molecule has 0 saturated carbocycles. The molecule has 3 heterocycles. The summed E-state index contributed by atoms with van der Waals surface area (Å²) in [6.07, 6.45) is 3.21. The van der Waals surface area contributed by atoms with Gasteiger partial charge in [0.25, 0.3) is 0 Å². The van der Waals surface area contributed by atoms with Gasteiger partial charge in [-0.2, -0.15) is 0 Å². The summed E-state index contributed by atoms with van der Waals surface area (Å²) in [6.45, 7) is 7.19. The number of piperidine rings is 1. The first-order valence-corrected chi connectivity index (χ1v) is 11.2. The van der Waals surface area contributed by atoms with Gasteiger partial charge in [-0.05, 0) is 76.4 Å². The molecule has 2 aromatic rings.